The van der Waals surface area contributed by atoms with Gasteiger partial charge in [0.05, 0.1) is 19.9 Å². The normalized spacial score (nSPS) is 9.63. The van der Waals surface area contributed by atoms with Crippen molar-refractivity contribution in [1.82, 2.24) is 5.32 Å². The van der Waals surface area contributed by atoms with E-state index in [1.165, 1.54) is 14.2 Å². The molecule has 0 fully saturated rings. The second-order valence-electron chi connectivity index (χ2n) is 3.51. The van der Waals surface area contributed by atoms with Gasteiger partial charge in [-0.15, -0.1) is 11.6 Å². The lowest BCUT2D eigenvalue weighted by molar-refractivity contribution is -0.119. The number of carbonyl (C=O) groups is 2. The number of halogens is 1. The summed E-state index contributed by atoms with van der Waals surface area (Å²) in [6.45, 7) is 0. The van der Waals surface area contributed by atoms with Crippen LogP contribution in [0, 0.1) is 0 Å². The summed E-state index contributed by atoms with van der Waals surface area (Å²) >= 11 is 5.39. The smallest absolute Gasteiger partial charge is 0.325 e. The average Bonchev–Trinajstić information content (AvgIpc) is 2.39. The molecule has 0 spiro atoms. The first-order valence-corrected chi connectivity index (χ1v) is 6.03. The van der Waals surface area contributed by atoms with Crippen LogP contribution in [-0.2, 0) is 4.79 Å². The third-order valence-corrected chi connectivity index (χ3v) is 2.42. The van der Waals surface area contributed by atoms with Gasteiger partial charge in [0, 0.05) is 18.4 Å². The summed E-state index contributed by atoms with van der Waals surface area (Å²) in [4.78, 5) is 22.7. The maximum absolute atomic E-state index is 11.5. The number of hydrogen-bond donors (Lipinski definition) is 2. The number of alkyl halides is 1. The minimum atomic E-state index is -0.640. The zero-order valence-electron chi connectivity index (χ0n) is 10.7. The van der Waals surface area contributed by atoms with Gasteiger partial charge >= 0.3 is 6.03 Å². The molecule has 3 amide bonds. The zero-order valence-corrected chi connectivity index (χ0v) is 11.4. The van der Waals surface area contributed by atoms with Gasteiger partial charge in [0.15, 0.2) is 0 Å². The number of ether oxygens (including phenoxy) is 2. The molecule has 7 heteroatoms. The maximum Gasteiger partial charge on any atom is 0.325 e. The number of nitrogens with one attached hydrogen (secondary N) is 2. The van der Waals surface area contributed by atoms with E-state index in [0.717, 1.165) is 0 Å². The molecule has 0 aromatic heterocycles. The van der Waals surface area contributed by atoms with Crippen LogP contribution in [0.15, 0.2) is 18.2 Å². The van der Waals surface area contributed by atoms with Crippen molar-refractivity contribution in [3.63, 3.8) is 0 Å². The fourth-order valence-corrected chi connectivity index (χ4v) is 1.50. The molecule has 0 saturated carbocycles. The molecule has 19 heavy (non-hydrogen) atoms. The molecule has 0 aliphatic carbocycles. The minimum Gasteiger partial charge on any atom is -0.497 e. The van der Waals surface area contributed by atoms with Crippen LogP contribution in [0.4, 0.5) is 10.5 Å². The van der Waals surface area contributed by atoms with Crippen molar-refractivity contribution in [3.8, 4) is 11.5 Å². The highest BCUT2D eigenvalue weighted by Crippen LogP contribution is 2.28. The number of benzene rings is 1. The van der Waals surface area contributed by atoms with Crippen molar-refractivity contribution >= 4 is 29.2 Å². The summed E-state index contributed by atoms with van der Waals surface area (Å²) in [7, 11) is 3.00. The van der Waals surface area contributed by atoms with E-state index in [1.807, 2.05) is 0 Å². The van der Waals surface area contributed by atoms with Crippen LogP contribution in [-0.4, -0.2) is 32.0 Å². The fraction of sp³-hybridized carbons (Fsp3) is 0.333. The van der Waals surface area contributed by atoms with E-state index in [9.17, 15) is 9.59 Å². The number of carbonyl (C=O) groups excluding carboxylic acids is 2. The van der Waals surface area contributed by atoms with Crippen molar-refractivity contribution in [2.45, 2.75) is 6.42 Å². The lowest BCUT2D eigenvalue weighted by atomic mass is 10.2. The molecule has 104 valence electrons. The van der Waals surface area contributed by atoms with Gasteiger partial charge in [-0.1, -0.05) is 0 Å². The quantitative estimate of drug-likeness (QED) is 0.812. The molecule has 6 nitrogen and oxygen atoms in total. The molecule has 0 atom stereocenters. The molecule has 0 aliphatic rings. The van der Waals surface area contributed by atoms with Crippen LogP contribution in [0.3, 0.4) is 0 Å². The van der Waals surface area contributed by atoms with Gasteiger partial charge in [0.2, 0.25) is 5.91 Å². The summed E-state index contributed by atoms with van der Waals surface area (Å²) < 4.78 is 10.1. The molecule has 0 radical (unpaired) electrons. The van der Waals surface area contributed by atoms with E-state index in [4.69, 9.17) is 21.1 Å². The molecule has 0 heterocycles. The Hall–Kier alpha value is -1.95. The van der Waals surface area contributed by atoms with Crippen molar-refractivity contribution in [2.24, 2.45) is 0 Å². The molecule has 0 unspecified atom stereocenters. The average molecular weight is 287 g/mol. The number of imide groups is 1. The molecule has 0 saturated heterocycles. The molecule has 1 aromatic carbocycles. The van der Waals surface area contributed by atoms with E-state index in [-0.39, 0.29) is 12.3 Å². The van der Waals surface area contributed by atoms with Gasteiger partial charge < -0.3 is 14.8 Å². The molecular formula is C12H15ClN2O4. The van der Waals surface area contributed by atoms with Crippen molar-refractivity contribution < 1.29 is 19.1 Å². The zero-order chi connectivity index (χ0) is 14.3. The van der Waals surface area contributed by atoms with Crippen LogP contribution >= 0.6 is 11.6 Å². The van der Waals surface area contributed by atoms with Crippen molar-refractivity contribution in [1.29, 1.82) is 0 Å². The second kappa shape index (κ2) is 7.48. The number of anilines is 1. The standard InChI is InChI=1S/C12H15ClN2O4/c1-18-8-3-4-9(10(7-8)19-2)14-12(17)15-11(16)5-6-13/h3-4,7H,5-6H2,1-2H3,(H2,14,15,16,17). The second-order valence-corrected chi connectivity index (χ2v) is 3.89. The largest absolute Gasteiger partial charge is 0.497 e. The Labute approximate surface area is 116 Å². The predicted octanol–water partition coefficient (Wildman–Crippen LogP) is 1.98. The molecule has 1 rings (SSSR count). The summed E-state index contributed by atoms with van der Waals surface area (Å²) in [6, 6.07) is 4.26. The van der Waals surface area contributed by atoms with E-state index < -0.39 is 11.9 Å². The molecule has 1 aromatic rings. The summed E-state index contributed by atoms with van der Waals surface area (Å²) in [5.74, 6) is 0.741. The first-order chi connectivity index (χ1) is 9.10. The number of rotatable bonds is 5. The third kappa shape index (κ3) is 4.67. The number of hydrogen-bond acceptors (Lipinski definition) is 4. The van der Waals surface area contributed by atoms with Gasteiger partial charge in [-0.05, 0) is 12.1 Å². The van der Waals surface area contributed by atoms with Gasteiger partial charge in [0.1, 0.15) is 11.5 Å². The monoisotopic (exact) mass is 286 g/mol. The highest BCUT2D eigenvalue weighted by molar-refractivity contribution is 6.19. The lowest BCUT2D eigenvalue weighted by Gasteiger charge is -2.11. The van der Waals surface area contributed by atoms with Crippen LogP contribution in [0.25, 0.3) is 0 Å². The van der Waals surface area contributed by atoms with E-state index in [2.05, 4.69) is 10.6 Å². The van der Waals surface area contributed by atoms with Crippen LogP contribution in [0.5, 0.6) is 11.5 Å². The van der Waals surface area contributed by atoms with Crippen LogP contribution in [0.1, 0.15) is 6.42 Å². The lowest BCUT2D eigenvalue weighted by Crippen LogP contribution is -2.34. The topological polar surface area (TPSA) is 76.7 Å². The summed E-state index contributed by atoms with van der Waals surface area (Å²) in [6.07, 6.45) is 0.0781. The number of urea groups is 1. The molecule has 0 bridgehead atoms. The van der Waals surface area contributed by atoms with E-state index in [0.29, 0.717) is 17.2 Å². The highest BCUT2D eigenvalue weighted by Gasteiger charge is 2.11. The summed E-state index contributed by atoms with van der Waals surface area (Å²) in [5, 5.41) is 4.66. The maximum atomic E-state index is 11.5. The van der Waals surface area contributed by atoms with Gasteiger partial charge in [0.25, 0.3) is 0 Å². The Bertz CT molecular complexity index is 465. The van der Waals surface area contributed by atoms with E-state index in [1.54, 1.807) is 18.2 Å². The van der Waals surface area contributed by atoms with Gasteiger partial charge in [-0.2, -0.15) is 0 Å². The number of amides is 3. The Balaban J connectivity index is 2.71. The van der Waals surface area contributed by atoms with Crippen molar-refractivity contribution in [2.75, 3.05) is 25.4 Å². The molecule has 2 N–H and O–H groups in total. The third-order valence-electron chi connectivity index (χ3n) is 2.23. The first-order valence-electron chi connectivity index (χ1n) is 5.49. The first kappa shape index (κ1) is 15.1. The molecular weight excluding hydrogens is 272 g/mol. The van der Waals surface area contributed by atoms with E-state index >= 15 is 0 Å². The SMILES string of the molecule is COc1ccc(NC(=O)NC(=O)CCCl)c(OC)c1. The Morgan fingerprint density at radius 3 is 2.58 bits per heavy atom. The van der Waals surface area contributed by atoms with Gasteiger partial charge in [-0.25, -0.2) is 4.79 Å². The van der Waals surface area contributed by atoms with Crippen LogP contribution in [0.2, 0.25) is 0 Å². The van der Waals surface area contributed by atoms with Gasteiger partial charge in [-0.3, -0.25) is 10.1 Å². The number of methoxy groups -OCH3 is 2. The minimum absolute atomic E-state index is 0.0781. The Kier molecular flexibility index (Phi) is 5.95. The van der Waals surface area contributed by atoms with Crippen molar-refractivity contribution in [3.05, 3.63) is 18.2 Å². The Morgan fingerprint density at radius 2 is 2.00 bits per heavy atom. The Morgan fingerprint density at radius 1 is 1.26 bits per heavy atom. The highest BCUT2D eigenvalue weighted by atomic mass is 35.5. The predicted molar refractivity (Wildman–Crippen MR) is 72.0 cm³/mol. The van der Waals surface area contributed by atoms with Crippen LogP contribution < -0.4 is 20.1 Å². The fourth-order valence-electron chi connectivity index (χ4n) is 1.33. The molecule has 0 aliphatic heterocycles. The summed E-state index contributed by atoms with van der Waals surface area (Å²) in [5.41, 5.74) is 0.430.